The minimum atomic E-state index is -0.318. The second-order valence-corrected chi connectivity index (χ2v) is 13.7. The van der Waals surface area contributed by atoms with Crippen LogP contribution in [0.1, 0.15) is 41.6 Å². The van der Waals surface area contributed by atoms with E-state index in [4.69, 9.17) is 32.9 Å². The number of carbonyl (C=O) groups is 1. The van der Waals surface area contributed by atoms with Gasteiger partial charge in [0.25, 0.3) is 5.91 Å². The van der Waals surface area contributed by atoms with Crippen LogP contribution in [-0.2, 0) is 12.0 Å². The van der Waals surface area contributed by atoms with Gasteiger partial charge >= 0.3 is 0 Å². The van der Waals surface area contributed by atoms with E-state index in [-0.39, 0.29) is 11.3 Å². The zero-order valence-electron chi connectivity index (χ0n) is 27.9. The Balaban J connectivity index is 1.10. The second-order valence-electron chi connectivity index (χ2n) is 12.9. The number of aryl methyl sites for hydroxylation is 1. The predicted molar refractivity (Wildman–Crippen MR) is 192 cm³/mol. The highest BCUT2D eigenvalue weighted by atomic mass is 35.5. The van der Waals surface area contributed by atoms with Gasteiger partial charge in [0.05, 0.1) is 51.9 Å². The number of benzene rings is 3. The molecule has 0 spiro atoms. The smallest absolute Gasteiger partial charge is 0.257 e. The van der Waals surface area contributed by atoms with Gasteiger partial charge in [-0.15, -0.1) is 5.10 Å². The molecular weight excluding hydrogens is 675 g/mol. The summed E-state index contributed by atoms with van der Waals surface area (Å²) in [6, 6.07) is 21.7. The van der Waals surface area contributed by atoms with Crippen LogP contribution in [0.25, 0.3) is 16.7 Å². The first-order valence-corrected chi connectivity index (χ1v) is 17.6. The molecule has 1 atom stereocenters. The molecule has 50 heavy (non-hydrogen) atoms. The first-order valence-electron chi connectivity index (χ1n) is 16.8. The fourth-order valence-corrected chi connectivity index (χ4v) is 7.66. The van der Waals surface area contributed by atoms with Gasteiger partial charge < -0.3 is 24.0 Å². The van der Waals surface area contributed by atoms with Crippen LogP contribution in [-0.4, -0.2) is 98.4 Å². The number of likely N-dealkylation sites (tertiary alicyclic amines) is 1. The van der Waals surface area contributed by atoms with E-state index in [1.54, 1.807) is 19.2 Å². The van der Waals surface area contributed by atoms with Crippen LogP contribution in [0.15, 0.2) is 67.0 Å². The summed E-state index contributed by atoms with van der Waals surface area (Å²) in [5.41, 5.74) is 3.90. The van der Waals surface area contributed by atoms with Crippen molar-refractivity contribution in [2.24, 2.45) is 0 Å². The van der Waals surface area contributed by atoms with Crippen LogP contribution in [0.2, 0.25) is 10.0 Å². The molecule has 1 amide bonds. The van der Waals surface area contributed by atoms with Crippen LogP contribution in [0, 0.1) is 11.3 Å². The average Bonchev–Trinajstić information content (AvgIpc) is 3.88. The molecule has 258 valence electrons. The third-order valence-corrected chi connectivity index (χ3v) is 10.8. The van der Waals surface area contributed by atoms with E-state index in [9.17, 15) is 10.1 Å². The van der Waals surface area contributed by atoms with Crippen LogP contribution >= 0.6 is 23.2 Å². The normalized spacial score (nSPS) is 18.4. The van der Waals surface area contributed by atoms with Crippen molar-refractivity contribution in [2.45, 2.75) is 37.6 Å². The fraction of sp³-hybridized carbons (Fsp3) is 0.389. The summed E-state index contributed by atoms with van der Waals surface area (Å²) in [6.45, 7) is 6.14. The Hall–Kier alpha value is -4.70. The molecule has 2 aliphatic heterocycles. The number of imidazole rings is 1. The third kappa shape index (κ3) is 6.73. The van der Waals surface area contributed by atoms with Crippen molar-refractivity contribution in [3.05, 3.63) is 88.2 Å². The number of hydrogen-bond acceptors (Lipinski definition) is 9. The topological polar surface area (TPSA) is 121 Å². The van der Waals surface area contributed by atoms with E-state index < -0.39 is 0 Å². The molecule has 0 radical (unpaired) electrons. The molecule has 0 bridgehead atoms. The number of amides is 1. The maximum absolute atomic E-state index is 14.2. The van der Waals surface area contributed by atoms with Crippen LogP contribution in [0.4, 0.5) is 5.95 Å². The van der Waals surface area contributed by atoms with Crippen molar-refractivity contribution in [1.82, 2.24) is 39.6 Å². The number of anilines is 1. The largest absolute Gasteiger partial charge is 0.496 e. The molecule has 5 aromatic rings. The van der Waals surface area contributed by atoms with E-state index in [0.717, 1.165) is 74.5 Å². The van der Waals surface area contributed by atoms with Gasteiger partial charge in [0.2, 0.25) is 5.95 Å². The van der Waals surface area contributed by atoms with Crippen LogP contribution in [0.3, 0.4) is 0 Å². The third-order valence-electron chi connectivity index (χ3n) is 10.1. The first-order chi connectivity index (χ1) is 24.4. The lowest BCUT2D eigenvalue weighted by molar-refractivity contribution is 0.0777. The van der Waals surface area contributed by atoms with Gasteiger partial charge in [0, 0.05) is 44.7 Å². The molecule has 14 heteroatoms. The molecule has 3 aromatic carbocycles. The molecule has 2 saturated heterocycles. The maximum Gasteiger partial charge on any atom is 0.257 e. The summed E-state index contributed by atoms with van der Waals surface area (Å²) < 4.78 is 9.32. The number of para-hydroxylation sites is 2. The first kappa shape index (κ1) is 33.8. The minimum Gasteiger partial charge on any atom is -0.496 e. The fourth-order valence-electron chi connectivity index (χ4n) is 7.36. The summed E-state index contributed by atoms with van der Waals surface area (Å²) in [5, 5.41) is 21.8. The number of halogens is 2. The number of fused-ring (bicyclic) bond motifs is 1. The number of ether oxygens (including phenoxy) is 1. The van der Waals surface area contributed by atoms with Gasteiger partial charge in [-0.2, -0.15) is 5.26 Å². The standard InChI is InChI=1S/C36H38Cl2N10O2/c1-50-33-11-9-27(48-25-40-42-43-48)23-28(33)34(49)46-19-13-36(24-46,26-8-10-29(37)30(38)22-26)12-18-44-15-5-16-45(21-20-44)35-41-31-6-2-3-7-32(31)47(35)17-4-14-39/h2-3,6-11,22-23,25H,4-5,12-13,15-21,24H2,1H3. The van der Waals surface area contributed by atoms with Crippen molar-refractivity contribution >= 4 is 46.1 Å². The number of aromatic nitrogens is 6. The molecule has 2 fully saturated rings. The van der Waals surface area contributed by atoms with Crippen molar-refractivity contribution in [1.29, 1.82) is 5.26 Å². The quantitative estimate of drug-likeness (QED) is 0.181. The van der Waals surface area contributed by atoms with Gasteiger partial charge in [0.15, 0.2) is 0 Å². The number of tetrazole rings is 1. The Morgan fingerprint density at radius 2 is 1.88 bits per heavy atom. The van der Waals surface area contributed by atoms with Gasteiger partial charge in [-0.1, -0.05) is 41.4 Å². The number of nitrogens with zero attached hydrogens (tertiary/aromatic N) is 10. The van der Waals surface area contributed by atoms with Crippen LogP contribution in [0.5, 0.6) is 5.75 Å². The van der Waals surface area contributed by atoms with Crippen molar-refractivity contribution in [3.63, 3.8) is 0 Å². The van der Waals surface area contributed by atoms with E-state index >= 15 is 0 Å². The number of carbonyl (C=O) groups excluding carboxylic acids is 1. The Bertz CT molecular complexity index is 2030. The zero-order chi connectivity index (χ0) is 34.7. The number of hydrogen-bond donors (Lipinski definition) is 0. The Labute approximate surface area is 300 Å². The molecule has 2 aliphatic rings. The van der Waals surface area contributed by atoms with E-state index in [0.29, 0.717) is 53.1 Å². The summed E-state index contributed by atoms with van der Waals surface area (Å²) in [4.78, 5) is 26.0. The summed E-state index contributed by atoms with van der Waals surface area (Å²) in [6.07, 6.45) is 4.55. The highest BCUT2D eigenvalue weighted by Crippen LogP contribution is 2.41. The van der Waals surface area contributed by atoms with Gasteiger partial charge in [-0.05, 0) is 90.8 Å². The lowest BCUT2D eigenvalue weighted by atomic mass is 9.76. The van der Waals surface area contributed by atoms with Gasteiger partial charge in [0.1, 0.15) is 12.1 Å². The van der Waals surface area contributed by atoms with E-state index in [2.05, 4.69) is 48.1 Å². The predicted octanol–water partition coefficient (Wildman–Crippen LogP) is 5.63. The highest BCUT2D eigenvalue weighted by molar-refractivity contribution is 6.42. The second kappa shape index (κ2) is 14.6. The number of nitriles is 1. The SMILES string of the molecule is COc1ccc(-n2cnnn2)cc1C(=O)N1CCC(CCN2CCCN(c3nc4ccccc4n3CCC#N)CC2)(c2ccc(Cl)c(Cl)c2)C1. The van der Waals surface area contributed by atoms with Crippen LogP contribution < -0.4 is 9.64 Å². The molecule has 12 nitrogen and oxygen atoms in total. The minimum absolute atomic E-state index is 0.108. The zero-order valence-corrected chi connectivity index (χ0v) is 29.4. The molecule has 0 N–H and O–H groups in total. The number of rotatable bonds is 10. The molecule has 2 aromatic heterocycles. The van der Waals surface area contributed by atoms with Gasteiger partial charge in [-0.3, -0.25) is 4.79 Å². The average molecular weight is 714 g/mol. The van der Waals surface area contributed by atoms with Crippen molar-refractivity contribution in [2.75, 3.05) is 57.8 Å². The maximum atomic E-state index is 14.2. The number of methoxy groups -OCH3 is 1. The lowest BCUT2D eigenvalue weighted by Crippen LogP contribution is -2.39. The molecule has 4 heterocycles. The molecular formula is C36H38Cl2N10O2. The van der Waals surface area contributed by atoms with Crippen molar-refractivity contribution < 1.29 is 9.53 Å². The Kier molecular flexibility index (Phi) is 9.90. The Morgan fingerprint density at radius 1 is 1.00 bits per heavy atom. The molecule has 0 aliphatic carbocycles. The van der Waals surface area contributed by atoms with E-state index in [1.165, 1.54) is 11.0 Å². The van der Waals surface area contributed by atoms with Gasteiger partial charge in [-0.25, -0.2) is 9.67 Å². The Morgan fingerprint density at radius 3 is 2.68 bits per heavy atom. The summed E-state index contributed by atoms with van der Waals surface area (Å²) in [7, 11) is 1.57. The lowest BCUT2D eigenvalue weighted by Gasteiger charge is -2.33. The highest BCUT2D eigenvalue weighted by Gasteiger charge is 2.42. The summed E-state index contributed by atoms with van der Waals surface area (Å²) >= 11 is 13.0. The monoisotopic (exact) mass is 712 g/mol. The summed E-state index contributed by atoms with van der Waals surface area (Å²) in [5.74, 6) is 1.32. The molecule has 7 rings (SSSR count). The molecule has 0 saturated carbocycles. The van der Waals surface area contributed by atoms with E-state index in [1.807, 2.05) is 41.3 Å². The van der Waals surface area contributed by atoms with Crippen molar-refractivity contribution in [3.8, 4) is 17.5 Å². The molecule has 1 unspecified atom stereocenters.